The summed E-state index contributed by atoms with van der Waals surface area (Å²) in [5.41, 5.74) is 0. The molecule has 0 saturated carbocycles. The molecule has 108 valence electrons. The molecule has 0 aliphatic carbocycles. The van der Waals surface area contributed by atoms with E-state index in [9.17, 15) is 0 Å². The van der Waals surface area contributed by atoms with Crippen molar-refractivity contribution >= 4 is 0 Å². The molecule has 4 nitrogen and oxygen atoms in total. The highest BCUT2D eigenvalue weighted by Gasteiger charge is 2.28. The van der Waals surface area contributed by atoms with Crippen molar-refractivity contribution in [2.24, 2.45) is 5.92 Å². The highest BCUT2D eigenvalue weighted by Crippen LogP contribution is 2.20. The summed E-state index contributed by atoms with van der Waals surface area (Å²) in [5, 5.41) is 0. The third-order valence-electron chi connectivity index (χ3n) is 3.87. The molecule has 0 spiro atoms. The van der Waals surface area contributed by atoms with Crippen LogP contribution in [0, 0.1) is 5.92 Å². The molecule has 19 heavy (non-hydrogen) atoms. The molecule has 0 radical (unpaired) electrons. The van der Waals surface area contributed by atoms with Gasteiger partial charge in [0.15, 0.2) is 0 Å². The maximum atomic E-state index is 5.80. The SMILES string of the molecule is COCc1ccc(CN2CCN(C)C[C@@H]2C(C)C)o1. The van der Waals surface area contributed by atoms with Gasteiger partial charge in [-0.2, -0.15) is 0 Å². The van der Waals surface area contributed by atoms with Crippen molar-refractivity contribution in [3.63, 3.8) is 0 Å². The fourth-order valence-corrected chi connectivity index (χ4v) is 2.75. The van der Waals surface area contributed by atoms with Crippen molar-refractivity contribution in [3.8, 4) is 0 Å². The van der Waals surface area contributed by atoms with Crippen molar-refractivity contribution in [2.45, 2.75) is 33.0 Å². The summed E-state index contributed by atoms with van der Waals surface area (Å²) < 4.78 is 10.9. The van der Waals surface area contributed by atoms with Crippen LogP contribution >= 0.6 is 0 Å². The Morgan fingerprint density at radius 1 is 1.32 bits per heavy atom. The average Bonchev–Trinajstić information content (AvgIpc) is 2.79. The van der Waals surface area contributed by atoms with E-state index in [1.165, 1.54) is 0 Å². The van der Waals surface area contributed by atoms with E-state index < -0.39 is 0 Å². The summed E-state index contributed by atoms with van der Waals surface area (Å²) in [6.07, 6.45) is 0. The van der Waals surface area contributed by atoms with Gasteiger partial charge in [0.2, 0.25) is 0 Å². The number of likely N-dealkylation sites (N-methyl/N-ethyl adjacent to an activating group) is 1. The Hall–Kier alpha value is -0.840. The molecule has 4 heteroatoms. The van der Waals surface area contributed by atoms with Crippen molar-refractivity contribution < 1.29 is 9.15 Å². The molecule has 0 N–H and O–H groups in total. The molecular formula is C15H26N2O2. The number of methoxy groups -OCH3 is 1. The molecular weight excluding hydrogens is 240 g/mol. The summed E-state index contributed by atoms with van der Waals surface area (Å²) in [6, 6.07) is 4.69. The molecule has 2 heterocycles. The molecule has 1 aromatic heterocycles. The van der Waals surface area contributed by atoms with Crippen LogP contribution in [0.1, 0.15) is 25.4 Å². The molecule has 0 unspecified atom stereocenters. The van der Waals surface area contributed by atoms with Crippen LogP contribution in [0.3, 0.4) is 0 Å². The maximum absolute atomic E-state index is 5.80. The first kappa shape index (κ1) is 14.6. The van der Waals surface area contributed by atoms with Crippen LogP contribution in [0.15, 0.2) is 16.5 Å². The van der Waals surface area contributed by atoms with Gasteiger partial charge in [0, 0.05) is 32.8 Å². The van der Waals surface area contributed by atoms with Gasteiger partial charge in [-0.1, -0.05) is 13.8 Å². The molecule has 1 saturated heterocycles. The molecule has 0 amide bonds. The van der Waals surface area contributed by atoms with E-state index in [4.69, 9.17) is 9.15 Å². The second-order valence-corrected chi connectivity index (χ2v) is 5.85. The summed E-state index contributed by atoms with van der Waals surface area (Å²) in [5.74, 6) is 2.62. The van der Waals surface area contributed by atoms with E-state index in [1.54, 1.807) is 7.11 Å². The third-order valence-corrected chi connectivity index (χ3v) is 3.87. The van der Waals surface area contributed by atoms with Crippen LogP contribution in [0.4, 0.5) is 0 Å². The van der Waals surface area contributed by atoms with Crippen LogP contribution < -0.4 is 0 Å². The zero-order valence-electron chi connectivity index (χ0n) is 12.6. The van der Waals surface area contributed by atoms with E-state index in [-0.39, 0.29) is 0 Å². The number of hydrogen-bond acceptors (Lipinski definition) is 4. The Labute approximate surface area is 116 Å². The first-order valence-corrected chi connectivity index (χ1v) is 7.09. The average molecular weight is 266 g/mol. The van der Waals surface area contributed by atoms with E-state index in [1.807, 2.05) is 6.07 Å². The molecule has 0 bridgehead atoms. The Kier molecular flexibility index (Phi) is 5.02. The van der Waals surface area contributed by atoms with Gasteiger partial charge in [-0.05, 0) is 25.1 Å². The lowest BCUT2D eigenvalue weighted by molar-refractivity contribution is 0.0509. The van der Waals surface area contributed by atoms with Crippen LogP contribution in [-0.2, 0) is 17.9 Å². The third kappa shape index (κ3) is 3.81. The molecule has 1 aliphatic rings. The molecule has 1 atom stereocenters. The highest BCUT2D eigenvalue weighted by atomic mass is 16.5. The monoisotopic (exact) mass is 266 g/mol. The fourth-order valence-electron chi connectivity index (χ4n) is 2.75. The Morgan fingerprint density at radius 3 is 2.74 bits per heavy atom. The second-order valence-electron chi connectivity index (χ2n) is 5.85. The first-order valence-electron chi connectivity index (χ1n) is 7.09. The number of furan rings is 1. The van der Waals surface area contributed by atoms with Gasteiger partial charge in [-0.15, -0.1) is 0 Å². The zero-order chi connectivity index (χ0) is 13.8. The Balaban J connectivity index is 1.99. The lowest BCUT2D eigenvalue weighted by atomic mass is 9.99. The van der Waals surface area contributed by atoms with Gasteiger partial charge >= 0.3 is 0 Å². The summed E-state index contributed by atoms with van der Waals surface area (Å²) in [7, 11) is 3.90. The smallest absolute Gasteiger partial charge is 0.129 e. The maximum Gasteiger partial charge on any atom is 0.129 e. The number of rotatable bonds is 5. The van der Waals surface area contributed by atoms with Crippen LogP contribution in [-0.4, -0.2) is 49.6 Å². The summed E-state index contributed by atoms with van der Waals surface area (Å²) in [6.45, 7) is 9.44. The van der Waals surface area contributed by atoms with Gasteiger partial charge in [-0.25, -0.2) is 0 Å². The van der Waals surface area contributed by atoms with E-state index in [0.29, 0.717) is 18.6 Å². The number of hydrogen-bond donors (Lipinski definition) is 0. The summed E-state index contributed by atoms with van der Waals surface area (Å²) in [4.78, 5) is 4.96. The number of nitrogens with zero attached hydrogens (tertiary/aromatic N) is 2. The normalized spacial score (nSPS) is 22.3. The van der Waals surface area contributed by atoms with Gasteiger partial charge in [0.1, 0.15) is 18.1 Å². The van der Waals surface area contributed by atoms with Crippen molar-refractivity contribution in [1.29, 1.82) is 0 Å². The summed E-state index contributed by atoms with van der Waals surface area (Å²) >= 11 is 0. The topological polar surface area (TPSA) is 28.9 Å². The largest absolute Gasteiger partial charge is 0.462 e. The molecule has 1 aliphatic heterocycles. The zero-order valence-corrected chi connectivity index (χ0v) is 12.6. The predicted octanol–water partition coefficient (Wildman–Crippen LogP) is 2.20. The fraction of sp³-hybridized carbons (Fsp3) is 0.733. The lowest BCUT2D eigenvalue weighted by Gasteiger charge is -2.41. The lowest BCUT2D eigenvalue weighted by Crippen LogP contribution is -2.53. The standard InChI is InChI=1S/C15H26N2O2/c1-12(2)15-10-16(3)7-8-17(15)9-13-5-6-14(19-13)11-18-4/h5-6,12,15H,7-11H2,1-4H3/t15-/m1/s1. The van der Waals surface area contributed by atoms with Crippen molar-refractivity contribution in [2.75, 3.05) is 33.8 Å². The van der Waals surface area contributed by atoms with E-state index in [0.717, 1.165) is 37.7 Å². The van der Waals surface area contributed by atoms with Gasteiger partial charge in [0.25, 0.3) is 0 Å². The number of piperazine rings is 1. The van der Waals surface area contributed by atoms with E-state index in [2.05, 4.69) is 36.8 Å². The number of ether oxygens (including phenoxy) is 1. The molecule has 1 fully saturated rings. The van der Waals surface area contributed by atoms with Crippen LogP contribution in [0.2, 0.25) is 0 Å². The molecule has 1 aromatic rings. The van der Waals surface area contributed by atoms with Crippen molar-refractivity contribution in [1.82, 2.24) is 9.80 Å². The van der Waals surface area contributed by atoms with Gasteiger partial charge in [0.05, 0.1) is 6.54 Å². The minimum Gasteiger partial charge on any atom is -0.462 e. The second kappa shape index (κ2) is 6.55. The van der Waals surface area contributed by atoms with Crippen LogP contribution in [0.5, 0.6) is 0 Å². The molecule has 2 rings (SSSR count). The Morgan fingerprint density at radius 2 is 2.05 bits per heavy atom. The molecule has 0 aromatic carbocycles. The van der Waals surface area contributed by atoms with Crippen molar-refractivity contribution in [3.05, 3.63) is 23.7 Å². The minimum absolute atomic E-state index is 0.552. The quantitative estimate of drug-likeness (QED) is 0.817. The van der Waals surface area contributed by atoms with Gasteiger partial charge in [-0.3, -0.25) is 4.90 Å². The van der Waals surface area contributed by atoms with Crippen LogP contribution in [0.25, 0.3) is 0 Å². The predicted molar refractivity (Wildman–Crippen MR) is 76.0 cm³/mol. The first-order chi connectivity index (χ1) is 9.10. The van der Waals surface area contributed by atoms with E-state index >= 15 is 0 Å². The van der Waals surface area contributed by atoms with Gasteiger partial charge < -0.3 is 14.1 Å². The minimum atomic E-state index is 0.552. The highest BCUT2D eigenvalue weighted by molar-refractivity contribution is 5.07. The Bertz CT molecular complexity index is 389.